The summed E-state index contributed by atoms with van der Waals surface area (Å²) in [7, 11) is -2.80. The molecule has 26 heavy (non-hydrogen) atoms. The molecule has 0 spiro atoms. The van der Waals surface area contributed by atoms with E-state index >= 15 is 0 Å². The van der Waals surface area contributed by atoms with Gasteiger partial charge in [0.15, 0.2) is 0 Å². The van der Waals surface area contributed by atoms with Crippen LogP contribution in [0.1, 0.15) is 111 Å². The van der Waals surface area contributed by atoms with Crippen molar-refractivity contribution in [3.8, 4) is 0 Å². The van der Waals surface area contributed by atoms with Gasteiger partial charge in [-0.1, -0.05) is 85.5 Å². The van der Waals surface area contributed by atoms with E-state index in [1.165, 1.54) is 57.8 Å². The first kappa shape index (κ1) is 26.1. The van der Waals surface area contributed by atoms with Crippen molar-refractivity contribution < 1.29 is 13.3 Å². The van der Waals surface area contributed by atoms with Crippen molar-refractivity contribution in [1.82, 2.24) is 0 Å². The maximum atomic E-state index is 6.46. The number of rotatable bonds is 20. The van der Waals surface area contributed by atoms with Crippen LogP contribution in [-0.4, -0.2) is 34.3 Å². The Morgan fingerprint density at radius 2 is 0.923 bits per heavy atom. The molecule has 0 fully saturated rings. The zero-order chi connectivity index (χ0) is 19.5. The first-order valence-electron chi connectivity index (χ1n) is 11.3. The van der Waals surface area contributed by atoms with Gasteiger partial charge < -0.3 is 19.0 Å². The minimum atomic E-state index is -2.80. The van der Waals surface area contributed by atoms with Gasteiger partial charge in [-0.25, -0.2) is 0 Å². The van der Waals surface area contributed by atoms with Crippen LogP contribution < -0.4 is 5.73 Å². The number of hydrogen-bond donors (Lipinski definition) is 1. The summed E-state index contributed by atoms with van der Waals surface area (Å²) in [5, 5.41) is 0. The molecule has 0 saturated carbocycles. The highest BCUT2D eigenvalue weighted by atomic mass is 28.4. The molecular weight excluding hydrogens is 342 g/mol. The van der Waals surface area contributed by atoms with E-state index in [-0.39, 0.29) is 5.67 Å². The van der Waals surface area contributed by atoms with Gasteiger partial charge in [-0.05, 0) is 25.7 Å². The van der Waals surface area contributed by atoms with Gasteiger partial charge in [0.2, 0.25) is 0 Å². The van der Waals surface area contributed by atoms with Crippen molar-refractivity contribution in [2.24, 2.45) is 5.73 Å². The molecule has 0 amide bonds. The van der Waals surface area contributed by atoms with Crippen LogP contribution in [0.15, 0.2) is 0 Å². The molecule has 0 bridgehead atoms. The van der Waals surface area contributed by atoms with Crippen LogP contribution in [0.3, 0.4) is 0 Å². The summed E-state index contributed by atoms with van der Waals surface area (Å²) in [5.41, 5.74) is 6.34. The van der Waals surface area contributed by atoms with E-state index in [9.17, 15) is 0 Å². The zero-order valence-electron chi connectivity index (χ0n) is 18.2. The molecule has 2 N–H and O–H groups in total. The minimum absolute atomic E-state index is 0.119. The van der Waals surface area contributed by atoms with Crippen LogP contribution in [0.25, 0.3) is 0 Å². The molecule has 0 aromatic carbocycles. The van der Waals surface area contributed by atoms with Crippen molar-refractivity contribution in [2.45, 2.75) is 117 Å². The fourth-order valence-corrected chi connectivity index (χ4v) is 5.60. The lowest BCUT2D eigenvalue weighted by Gasteiger charge is -2.34. The molecule has 0 aliphatic heterocycles. The van der Waals surface area contributed by atoms with Gasteiger partial charge in [0.05, 0.1) is 5.67 Å². The molecule has 4 nitrogen and oxygen atoms in total. The third-order valence-electron chi connectivity index (χ3n) is 4.80. The van der Waals surface area contributed by atoms with E-state index in [2.05, 4.69) is 27.7 Å². The Bertz CT molecular complexity index is 256. The predicted molar refractivity (Wildman–Crippen MR) is 114 cm³/mol. The van der Waals surface area contributed by atoms with Crippen molar-refractivity contribution in [1.29, 1.82) is 0 Å². The van der Waals surface area contributed by atoms with Crippen molar-refractivity contribution >= 4 is 8.80 Å². The van der Waals surface area contributed by atoms with Gasteiger partial charge in [-0.2, -0.15) is 0 Å². The molecule has 1 unspecified atom stereocenters. The highest BCUT2D eigenvalue weighted by molar-refractivity contribution is 6.62. The molecule has 1 atom stereocenters. The second-order valence-electron chi connectivity index (χ2n) is 7.35. The third-order valence-corrected chi connectivity index (χ3v) is 7.93. The fraction of sp³-hybridized carbons (Fsp3) is 1.00. The topological polar surface area (TPSA) is 53.7 Å². The van der Waals surface area contributed by atoms with E-state index < -0.39 is 8.80 Å². The maximum Gasteiger partial charge on any atom is 0.518 e. The van der Waals surface area contributed by atoms with Crippen LogP contribution in [0.2, 0.25) is 0 Å². The summed E-state index contributed by atoms with van der Waals surface area (Å²) in [6.07, 6.45) is 15.1. The molecule has 0 aromatic heterocycles. The lowest BCUT2D eigenvalue weighted by Crippen LogP contribution is -2.60. The Morgan fingerprint density at radius 1 is 0.577 bits per heavy atom. The lowest BCUT2D eigenvalue weighted by molar-refractivity contribution is 0.0465. The lowest BCUT2D eigenvalue weighted by atomic mass is 10.2. The van der Waals surface area contributed by atoms with Crippen LogP contribution in [-0.2, 0) is 13.3 Å². The monoisotopic (exact) mass is 389 g/mol. The summed E-state index contributed by atoms with van der Waals surface area (Å²) in [6.45, 7) is 10.9. The molecule has 0 radical (unpaired) electrons. The molecule has 0 saturated heterocycles. The molecule has 0 aliphatic carbocycles. The highest BCUT2D eigenvalue weighted by Gasteiger charge is 2.47. The highest BCUT2D eigenvalue weighted by Crippen LogP contribution is 2.19. The van der Waals surface area contributed by atoms with E-state index in [4.69, 9.17) is 19.0 Å². The molecule has 0 rings (SSSR count). The summed E-state index contributed by atoms with van der Waals surface area (Å²) >= 11 is 0. The molecule has 0 aliphatic rings. The quantitative estimate of drug-likeness (QED) is 0.205. The minimum Gasteiger partial charge on any atom is -0.373 e. The summed E-state index contributed by atoms with van der Waals surface area (Å²) in [4.78, 5) is 0. The molecule has 0 heterocycles. The van der Waals surface area contributed by atoms with Crippen LogP contribution >= 0.6 is 0 Å². The standard InChI is InChI=1S/C21H47NO3Si/c1-5-9-12-15-18-23-26(21(22)8-4,24-19-16-13-10-6-2)25-20-17-14-11-7-3/h21H,5-20,22H2,1-4H3. The first-order valence-corrected chi connectivity index (χ1v) is 13.1. The maximum absolute atomic E-state index is 6.46. The zero-order valence-corrected chi connectivity index (χ0v) is 19.2. The fourth-order valence-electron chi connectivity index (χ4n) is 2.93. The van der Waals surface area contributed by atoms with Gasteiger partial charge in [-0.3, -0.25) is 0 Å². The molecular formula is C21H47NO3Si. The van der Waals surface area contributed by atoms with Crippen LogP contribution in [0, 0.1) is 0 Å². The van der Waals surface area contributed by atoms with Gasteiger partial charge in [0.25, 0.3) is 0 Å². The SMILES string of the molecule is CCCCCCO[Si](OCCCCCC)(OCCCCCC)C(N)CC. The van der Waals surface area contributed by atoms with E-state index in [1.54, 1.807) is 0 Å². The Hall–Kier alpha value is 0.0569. The predicted octanol–water partition coefficient (Wildman–Crippen LogP) is 5.99. The summed E-state index contributed by atoms with van der Waals surface area (Å²) in [6, 6.07) is 0. The Balaban J connectivity index is 4.64. The first-order chi connectivity index (χ1) is 12.7. The largest absolute Gasteiger partial charge is 0.518 e. The average molecular weight is 390 g/mol. The summed E-state index contributed by atoms with van der Waals surface area (Å²) < 4.78 is 18.9. The van der Waals surface area contributed by atoms with Gasteiger partial charge in [-0.15, -0.1) is 0 Å². The Morgan fingerprint density at radius 3 is 1.19 bits per heavy atom. The normalized spacial score (nSPS) is 13.3. The molecule has 158 valence electrons. The van der Waals surface area contributed by atoms with Crippen molar-refractivity contribution in [2.75, 3.05) is 19.8 Å². The number of nitrogens with two attached hydrogens (primary N) is 1. The average Bonchev–Trinajstić information content (AvgIpc) is 2.66. The number of unbranched alkanes of at least 4 members (excludes halogenated alkanes) is 9. The van der Waals surface area contributed by atoms with Gasteiger partial charge >= 0.3 is 8.80 Å². The van der Waals surface area contributed by atoms with Crippen LogP contribution in [0.4, 0.5) is 0 Å². The third kappa shape index (κ3) is 12.4. The summed E-state index contributed by atoms with van der Waals surface area (Å²) in [5.74, 6) is 0. The molecule has 0 aromatic rings. The van der Waals surface area contributed by atoms with E-state index in [1.807, 2.05) is 0 Å². The van der Waals surface area contributed by atoms with Crippen LogP contribution in [0.5, 0.6) is 0 Å². The van der Waals surface area contributed by atoms with Gasteiger partial charge in [0, 0.05) is 19.8 Å². The second-order valence-corrected chi connectivity index (χ2v) is 10.2. The number of hydrogen-bond acceptors (Lipinski definition) is 4. The Kier molecular flexibility index (Phi) is 18.5. The Labute approximate surface area is 164 Å². The molecule has 5 heteroatoms. The van der Waals surface area contributed by atoms with E-state index in [0.29, 0.717) is 19.8 Å². The second kappa shape index (κ2) is 18.4. The van der Waals surface area contributed by atoms with Gasteiger partial charge in [0.1, 0.15) is 0 Å². The van der Waals surface area contributed by atoms with E-state index in [0.717, 1.165) is 25.7 Å². The smallest absolute Gasteiger partial charge is 0.373 e. The van der Waals surface area contributed by atoms with Crippen molar-refractivity contribution in [3.63, 3.8) is 0 Å². The van der Waals surface area contributed by atoms with Crippen molar-refractivity contribution in [3.05, 3.63) is 0 Å².